The van der Waals surface area contributed by atoms with Crippen LogP contribution in [0, 0.1) is 5.92 Å². The Kier molecular flexibility index (Phi) is 3.12. The number of carbonyl (C=O) groups is 1. The van der Waals surface area contributed by atoms with Crippen molar-refractivity contribution in [1.82, 2.24) is 0 Å². The number of benzene rings is 2. The van der Waals surface area contributed by atoms with Crippen molar-refractivity contribution in [3.05, 3.63) is 42.5 Å². The number of fused-ring (bicyclic) bond motifs is 3. The third kappa shape index (κ3) is 2.16. The van der Waals surface area contributed by atoms with Gasteiger partial charge < -0.3 is 14.8 Å². The molecule has 4 rings (SSSR count). The zero-order valence-electron chi connectivity index (χ0n) is 12.1. The maximum Gasteiger partial charge on any atom is 0.230 e. The van der Waals surface area contributed by atoms with Gasteiger partial charge in [0.25, 0.3) is 0 Å². The van der Waals surface area contributed by atoms with E-state index in [4.69, 9.17) is 4.42 Å². The standard InChI is InChI=1S/C18H17NO3/c20-15-6-3-5-14(15)18(21)19-11-8-9-13-12-4-1-2-7-16(12)22-17(13)10-11/h1-2,4,7-10,14-15,20H,3,5-6H2,(H,19,21). The number of furan rings is 1. The lowest BCUT2D eigenvalue weighted by Gasteiger charge is -2.14. The summed E-state index contributed by atoms with van der Waals surface area (Å²) in [5.41, 5.74) is 2.30. The number of amides is 1. The molecule has 1 fully saturated rings. The Balaban J connectivity index is 1.65. The van der Waals surface area contributed by atoms with E-state index in [0.717, 1.165) is 34.8 Å². The van der Waals surface area contributed by atoms with Crippen LogP contribution in [-0.4, -0.2) is 17.1 Å². The number of hydrogen-bond acceptors (Lipinski definition) is 3. The number of anilines is 1. The largest absolute Gasteiger partial charge is 0.456 e. The van der Waals surface area contributed by atoms with Crippen molar-refractivity contribution in [3.63, 3.8) is 0 Å². The molecule has 0 radical (unpaired) electrons. The Morgan fingerprint density at radius 1 is 1.09 bits per heavy atom. The number of para-hydroxylation sites is 1. The third-order valence-corrected chi connectivity index (χ3v) is 4.46. The molecule has 2 atom stereocenters. The van der Waals surface area contributed by atoms with Crippen LogP contribution in [-0.2, 0) is 4.79 Å². The van der Waals surface area contributed by atoms with E-state index in [1.807, 2.05) is 42.5 Å². The van der Waals surface area contributed by atoms with E-state index in [9.17, 15) is 9.90 Å². The lowest BCUT2D eigenvalue weighted by Crippen LogP contribution is -2.28. The predicted octanol–water partition coefficient (Wildman–Crippen LogP) is 3.69. The van der Waals surface area contributed by atoms with Crippen LogP contribution in [0.1, 0.15) is 19.3 Å². The van der Waals surface area contributed by atoms with Gasteiger partial charge in [0.1, 0.15) is 11.2 Å². The van der Waals surface area contributed by atoms with Gasteiger partial charge in [0.15, 0.2) is 0 Å². The first-order valence-corrected chi connectivity index (χ1v) is 7.62. The summed E-state index contributed by atoms with van der Waals surface area (Å²) in [4.78, 5) is 12.2. The molecule has 4 heteroatoms. The first-order valence-electron chi connectivity index (χ1n) is 7.62. The summed E-state index contributed by atoms with van der Waals surface area (Å²) in [6.45, 7) is 0. The van der Waals surface area contributed by atoms with Crippen LogP contribution in [0.5, 0.6) is 0 Å². The molecule has 0 spiro atoms. The second-order valence-electron chi connectivity index (χ2n) is 5.90. The Hall–Kier alpha value is -2.33. The smallest absolute Gasteiger partial charge is 0.230 e. The van der Waals surface area contributed by atoms with Gasteiger partial charge in [-0.25, -0.2) is 0 Å². The van der Waals surface area contributed by atoms with Crippen molar-refractivity contribution in [2.45, 2.75) is 25.4 Å². The number of carbonyl (C=O) groups excluding carboxylic acids is 1. The minimum absolute atomic E-state index is 0.111. The fraction of sp³-hybridized carbons (Fsp3) is 0.278. The van der Waals surface area contributed by atoms with Crippen LogP contribution in [0.2, 0.25) is 0 Å². The fourth-order valence-corrected chi connectivity index (χ4v) is 3.28. The maximum absolute atomic E-state index is 12.2. The van der Waals surface area contributed by atoms with Crippen molar-refractivity contribution in [1.29, 1.82) is 0 Å². The van der Waals surface area contributed by atoms with E-state index < -0.39 is 6.10 Å². The topological polar surface area (TPSA) is 62.5 Å². The number of aliphatic hydroxyl groups is 1. The molecular weight excluding hydrogens is 278 g/mol. The monoisotopic (exact) mass is 295 g/mol. The molecule has 1 amide bonds. The number of rotatable bonds is 2. The highest BCUT2D eigenvalue weighted by molar-refractivity contribution is 6.06. The molecule has 2 N–H and O–H groups in total. The second kappa shape index (κ2) is 5.14. The van der Waals surface area contributed by atoms with E-state index in [0.29, 0.717) is 12.1 Å². The van der Waals surface area contributed by atoms with Gasteiger partial charge in [0.05, 0.1) is 12.0 Å². The summed E-state index contributed by atoms with van der Waals surface area (Å²) >= 11 is 0. The molecule has 112 valence electrons. The van der Waals surface area contributed by atoms with Crippen LogP contribution in [0.25, 0.3) is 21.9 Å². The molecule has 2 unspecified atom stereocenters. The maximum atomic E-state index is 12.2. The molecule has 3 aromatic rings. The van der Waals surface area contributed by atoms with E-state index in [2.05, 4.69) is 5.32 Å². The Bertz CT molecular complexity index is 852. The summed E-state index contributed by atoms with van der Waals surface area (Å²) in [7, 11) is 0. The van der Waals surface area contributed by atoms with Gasteiger partial charge in [0.2, 0.25) is 5.91 Å². The minimum atomic E-state index is -0.519. The number of nitrogens with one attached hydrogen (secondary N) is 1. The summed E-state index contributed by atoms with van der Waals surface area (Å²) in [5.74, 6) is -0.410. The van der Waals surface area contributed by atoms with Crippen molar-refractivity contribution >= 4 is 33.5 Å². The molecule has 1 heterocycles. The average molecular weight is 295 g/mol. The Labute approximate surface area is 127 Å². The van der Waals surface area contributed by atoms with Crippen molar-refractivity contribution in [3.8, 4) is 0 Å². The highest BCUT2D eigenvalue weighted by atomic mass is 16.3. The molecule has 2 aromatic carbocycles. The van der Waals surface area contributed by atoms with E-state index >= 15 is 0 Å². The molecule has 22 heavy (non-hydrogen) atoms. The van der Waals surface area contributed by atoms with Crippen molar-refractivity contribution < 1.29 is 14.3 Å². The summed E-state index contributed by atoms with van der Waals surface area (Å²) in [6.07, 6.45) is 1.84. The van der Waals surface area contributed by atoms with E-state index in [1.165, 1.54) is 0 Å². The normalized spacial score (nSPS) is 21.5. The van der Waals surface area contributed by atoms with Gasteiger partial charge in [0, 0.05) is 22.5 Å². The minimum Gasteiger partial charge on any atom is -0.456 e. The van der Waals surface area contributed by atoms with Crippen LogP contribution >= 0.6 is 0 Å². The summed E-state index contributed by atoms with van der Waals surface area (Å²) in [5, 5.41) is 14.8. The van der Waals surface area contributed by atoms with Gasteiger partial charge in [-0.2, -0.15) is 0 Å². The summed E-state index contributed by atoms with van der Waals surface area (Å²) in [6, 6.07) is 13.6. The highest BCUT2D eigenvalue weighted by Gasteiger charge is 2.31. The zero-order chi connectivity index (χ0) is 15.1. The molecule has 1 saturated carbocycles. The molecule has 0 bridgehead atoms. The molecule has 1 aliphatic rings. The van der Waals surface area contributed by atoms with E-state index in [1.54, 1.807) is 0 Å². The fourth-order valence-electron chi connectivity index (χ4n) is 3.28. The van der Waals surface area contributed by atoms with Gasteiger partial charge in [-0.3, -0.25) is 4.79 Å². The van der Waals surface area contributed by atoms with E-state index in [-0.39, 0.29) is 11.8 Å². The number of hydrogen-bond donors (Lipinski definition) is 2. The molecule has 1 aromatic heterocycles. The zero-order valence-corrected chi connectivity index (χ0v) is 12.1. The highest BCUT2D eigenvalue weighted by Crippen LogP contribution is 2.31. The van der Waals surface area contributed by atoms with Crippen LogP contribution in [0.4, 0.5) is 5.69 Å². The predicted molar refractivity (Wildman–Crippen MR) is 85.7 cm³/mol. The lowest BCUT2D eigenvalue weighted by atomic mass is 10.1. The molecule has 0 aliphatic heterocycles. The number of aliphatic hydroxyl groups excluding tert-OH is 1. The van der Waals surface area contributed by atoms with Gasteiger partial charge >= 0.3 is 0 Å². The molecule has 1 aliphatic carbocycles. The first kappa shape index (κ1) is 13.3. The van der Waals surface area contributed by atoms with Gasteiger partial charge in [-0.05, 0) is 37.5 Å². The van der Waals surface area contributed by atoms with Gasteiger partial charge in [-0.15, -0.1) is 0 Å². The quantitative estimate of drug-likeness (QED) is 0.758. The van der Waals surface area contributed by atoms with Crippen molar-refractivity contribution in [2.75, 3.05) is 5.32 Å². The van der Waals surface area contributed by atoms with Crippen LogP contribution in [0.15, 0.2) is 46.9 Å². The Morgan fingerprint density at radius 3 is 2.73 bits per heavy atom. The summed E-state index contributed by atoms with van der Waals surface area (Å²) < 4.78 is 5.82. The van der Waals surface area contributed by atoms with Crippen LogP contribution in [0.3, 0.4) is 0 Å². The van der Waals surface area contributed by atoms with Crippen LogP contribution < -0.4 is 5.32 Å². The molecule has 0 saturated heterocycles. The van der Waals surface area contributed by atoms with Gasteiger partial charge in [-0.1, -0.05) is 18.2 Å². The first-order chi connectivity index (χ1) is 10.7. The third-order valence-electron chi connectivity index (χ3n) is 4.46. The SMILES string of the molecule is O=C(Nc1ccc2c(c1)oc1ccccc12)C1CCCC1O. The molecular formula is C18H17NO3. The average Bonchev–Trinajstić information content (AvgIpc) is 3.10. The lowest BCUT2D eigenvalue weighted by molar-refractivity contribution is -0.122. The van der Waals surface area contributed by atoms with Crippen molar-refractivity contribution in [2.24, 2.45) is 5.92 Å². The molecule has 4 nitrogen and oxygen atoms in total. The Morgan fingerprint density at radius 2 is 1.91 bits per heavy atom. The second-order valence-corrected chi connectivity index (χ2v) is 5.90.